The number of hydrogen-bond donors (Lipinski definition) is 3. The van der Waals surface area contributed by atoms with Crippen molar-refractivity contribution in [1.82, 2.24) is 15.0 Å². The van der Waals surface area contributed by atoms with Crippen LogP contribution in [0.5, 0.6) is 0 Å². The number of hydrogen-bond acceptors (Lipinski definition) is 6. The van der Waals surface area contributed by atoms with Crippen molar-refractivity contribution >= 4 is 36.6 Å². The third-order valence-corrected chi connectivity index (χ3v) is 3.83. The monoisotopic (exact) mass is 356 g/mol. The molecule has 0 aromatic carbocycles. The van der Waals surface area contributed by atoms with Crippen LogP contribution in [0.3, 0.4) is 0 Å². The molecule has 1 aliphatic rings. The van der Waals surface area contributed by atoms with Crippen molar-refractivity contribution in [3.8, 4) is 0 Å². The summed E-state index contributed by atoms with van der Waals surface area (Å²) in [6, 6.07) is 6.31. The van der Waals surface area contributed by atoms with E-state index in [4.69, 9.17) is 11.5 Å². The predicted octanol–water partition coefficient (Wildman–Crippen LogP) is 2.16. The molecule has 0 bridgehead atoms. The van der Waals surface area contributed by atoms with Crippen molar-refractivity contribution in [3.63, 3.8) is 0 Å². The first kappa shape index (κ1) is 19.4. The second-order valence-corrected chi connectivity index (χ2v) is 5.50. The van der Waals surface area contributed by atoms with Crippen molar-refractivity contribution in [1.29, 1.82) is 0 Å². The molecule has 6 nitrogen and oxygen atoms in total. The van der Waals surface area contributed by atoms with Gasteiger partial charge >= 0.3 is 0 Å². The Morgan fingerprint density at radius 3 is 2.48 bits per heavy atom. The average Bonchev–Trinajstić information content (AvgIpc) is 2.44. The molecule has 5 N–H and O–H groups in total. The van der Waals surface area contributed by atoms with Gasteiger partial charge in [-0.25, -0.2) is 4.98 Å². The minimum Gasteiger partial charge on any atom is -0.370 e. The van der Waals surface area contributed by atoms with Crippen molar-refractivity contribution in [2.45, 2.75) is 31.2 Å². The SMILES string of the molecule is Cl.Cl.Nc1nc(NCCc2ccncc2)cc(C2CC(N)C2)n1. The van der Waals surface area contributed by atoms with Crippen LogP contribution < -0.4 is 16.8 Å². The second kappa shape index (κ2) is 8.86. The van der Waals surface area contributed by atoms with Gasteiger partial charge in [0.15, 0.2) is 0 Å². The number of nitrogens with one attached hydrogen (secondary N) is 1. The summed E-state index contributed by atoms with van der Waals surface area (Å²) in [5.41, 5.74) is 13.9. The van der Waals surface area contributed by atoms with E-state index in [-0.39, 0.29) is 24.8 Å². The number of rotatable bonds is 5. The Morgan fingerprint density at radius 2 is 1.83 bits per heavy atom. The molecule has 1 fully saturated rings. The number of halogens is 2. The van der Waals surface area contributed by atoms with Crippen LogP contribution in [-0.2, 0) is 6.42 Å². The number of nitrogens with zero attached hydrogens (tertiary/aromatic N) is 3. The van der Waals surface area contributed by atoms with Crippen LogP contribution in [0.4, 0.5) is 11.8 Å². The van der Waals surface area contributed by atoms with E-state index in [0.29, 0.717) is 17.9 Å². The van der Waals surface area contributed by atoms with Gasteiger partial charge in [0.25, 0.3) is 0 Å². The van der Waals surface area contributed by atoms with Gasteiger partial charge in [0.1, 0.15) is 5.82 Å². The standard InChI is InChI=1S/C15H20N6.2ClH/c16-12-7-11(8-12)13-9-14(21-15(17)20-13)19-6-3-10-1-4-18-5-2-10;;/h1-2,4-5,9,11-12H,3,6-8,16H2,(H3,17,19,20,21);2*1H. The third kappa shape index (κ3) is 5.20. The summed E-state index contributed by atoms with van der Waals surface area (Å²) in [6.45, 7) is 0.796. The molecule has 0 aliphatic heterocycles. The lowest BCUT2D eigenvalue weighted by Gasteiger charge is -2.32. The molecule has 0 atom stereocenters. The fourth-order valence-corrected chi connectivity index (χ4v) is 2.57. The van der Waals surface area contributed by atoms with E-state index in [9.17, 15) is 0 Å². The first-order valence-electron chi connectivity index (χ1n) is 7.23. The van der Waals surface area contributed by atoms with Gasteiger partial charge in [0.05, 0.1) is 5.69 Å². The number of pyridine rings is 1. The summed E-state index contributed by atoms with van der Waals surface area (Å²) in [5.74, 6) is 1.53. The van der Waals surface area contributed by atoms with Crippen LogP contribution in [-0.4, -0.2) is 27.5 Å². The van der Waals surface area contributed by atoms with Crippen LogP contribution in [0.1, 0.15) is 30.0 Å². The lowest BCUT2D eigenvalue weighted by atomic mass is 9.78. The summed E-state index contributed by atoms with van der Waals surface area (Å²) >= 11 is 0. The summed E-state index contributed by atoms with van der Waals surface area (Å²) in [6.07, 6.45) is 6.47. The van der Waals surface area contributed by atoms with Gasteiger partial charge in [-0.3, -0.25) is 4.98 Å². The Kier molecular flexibility index (Phi) is 7.48. The van der Waals surface area contributed by atoms with E-state index < -0.39 is 0 Å². The van der Waals surface area contributed by atoms with Crippen LogP contribution in [0.25, 0.3) is 0 Å². The Balaban J connectivity index is 0.00000132. The Bertz CT molecular complexity index is 604. The normalized spacial score (nSPS) is 19.0. The lowest BCUT2D eigenvalue weighted by molar-refractivity contribution is 0.345. The second-order valence-electron chi connectivity index (χ2n) is 5.50. The fourth-order valence-electron chi connectivity index (χ4n) is 2.57. The highest BCUT2D eigenvalue weighted by molar-refractivity contribution is 5.85. The van der Waals surface area contributed by atoms with Gasteiger partial charge in [0.2, 0.25) is 5.95 Å². The molecule has 0 radical (unpaired) electrons. The van der Waals surface area contributed by atoms with Crippen molar-refractivity contribution in [3.05, 3.63) is 41.9 Å². The summed E-state index contributed by atoms with van der Waals surface area (Å²) in [7, 11) is 0. The van der Waals surface area contributed by atoms with Crippen LogP contribution in [0.2, 0.25) is 0 Å². The van der Waals surface area contributed by atoms with E-state index in [0.717, 1.165) is 37.3 Å². The molecule has 1 saturated carbocycles. The minimum atomic E-state index is 0. The van der Waals surface area contributed by atoms with Gasteiger partial charge in [-0.2, -0.15) is 4.98 Å². The molecule has 2 aromatic rings. The van der Waals surface area contributed by atoms with E-state index >= 15 is 0 Å². The fraction of sp³-hybridized carbons (Fsp3) is 0.400. The largest absolute Gasteiger partial charge is 0.370 e. The van der Waals surface area contributed by atoms with Crippen LogP contribution in [0.15, 0.2) is 30.6 Å². The van der Waals surface area contributed by atoms with Gasteiger partial charge < -0.3 is 16.8 Å². The van der Waals surface area contributed by atoms with Gasteiger partial charge in [-0.15, -0.1) is 24.8 Å². The van der Waals surface area contributed by atoms with Gasteiger partial charge in [0, 0.05) is 37.0 Å². The smallest absolute Gasteiger partial charge is 0.222 e. The molecular weight excluding hydrogens is 335 g/mol. The lowest BCUT2D eigenvalue weighted by Crippen LogP contribution is -2.35. The average molecular weight is 357 g/mol. The first-order chi connectivity index (χ1) is 10.2. The van der Waals surface area contributed by atoms with Gasteiger partial charge in [-0.1, -0.05) is 0 Å². The maximum atomic E-state index is 5.83. The highest BCUT2D eigenvalue weighted by Gasteiger charge is 2.28. The molecule has 2 heterocycles. The van der Waals surface area contributed by atoms with Crippen molar-refractivity contribution < 1.29 is 0 Å². The maximum absolute atomic E-state index is 5.83. The Labute approximate surface area is 148 Å². The molecule has 0 spiro atoms. The molecule has 23 heavy (non-hydrogen) atoms. The van der Waals surface area contributed by atoms with Crippen molar-refractivity contribution in [2.24, 2.45) is 5.73 Å². The van der Waals surface area contributed by atoms with Gasteiger partial charge in [-0.05, 0) is 37.0 Å². The molecule has 3 rings (SSSR count). The van der Waals surface area contributed by atoms with Crippen molar-refractivity contribution in [2.75, 3.05) is 17.6 Å². The molecule has 126 valence electrons. The Hall–Kier alpha value is -1.63. The maximum Gasteiger partial charge on any atom is 0.222 e. The number of anilines is 2. The quantitative estimate of drug-likeness (QED) is 0.758. The molecule has 0 unspecified atom stereocenters. The summed E-state index contributed by atoms with van der Waals surface area (Å²) in [4.78, 5) is 12.6. The highest BCUT2D eigenvalue weighted by Crippen LogP contribution is 2.35. The molecular formula is C15H22Cl2N6. The van der Waals surface area contributed by atoms with Crippen LogP contribution in [0, 0.1) is 0 Å². The summed E-state index contributed by atoms with van der Waals surface area (Å²) in [5, 5.41) is 3.31. The van der Waals surface area contributed by atoms with Crippen LogP contribution >= 0.6 is 24.8 Å². The Morgan fingerprint density at radius 1 is 1.13 bits per heavy atom. The minimum absolute atomic E-state index is 0. The number of nitrogen functional groups attached to an aromatic ring is 1. The summed E-state index contributed by atoms with van der Waals surface area (Å²) < 4.78 is 0. The van der Waals surface area contributed by atoms with E-state index in [1.165, 1.54) is 5.56 Å². The molecule has 1 aliphatic carbocycles. The topological polar surface area (TPSA) is 103 Å². The highest BCUT2D eigenvalue weighted by atomic mass is 35.5. The zero-order valence-corrected chi connectivity index (χ0v) is 14.3. The molecule has 2 aromatic heterocycles. The van der Waals surface area contributed by atoms with E-state index in [2.05, 4.69) is 20.3 Å². The third-order valence-electron chi connectivity index (χ3n) is 3.83. The van der Waals surface area contributed by atoms with E-state index in [1.807, 2.05) is 18.2 Å². The molecule has 0 saturated heterocycles. The zero-order valence-electron chi connectivity index (χ0n) is 12.7. The number of aromatic nitrogens is 3. The van der Waals surface area contributed by atoms with E-state index in [1.54, 1.807) is 12.4 Å². The number of nitrogens with two attached hydrogens (primary N) is 2. The molecule has 8 heteroatoms. The first-order valence-corrected chi connectivity index (χ1v) is 7.23. The molecule has 0 amide bonds. The zero-order chi connectivity index (χ0) is 14.7. The predicted molar refractivity (Wildman–Crippen MR) is 97.3 cm³/mol.